The second-order valence-electron chi connectivity index (χ2n) is 5.39. The third-order valence-electron chi connectivity index (χ3n) is 3.68. The molecule has 1 rings (SSSR count). The van der Waals surface area contributed by atoms with Crippen molar-refractivity contribution in [3.05, 3.63) is 35.9 Å². The van der Waals surface area contributed by atoms with E-state index in [4.69, 9.17) is 4.74 Å². The van der Waals surface area contributed by atoms with Crippen LogP contribution in [0.3, 0.4) is 0 Å². The number of ether oxygens (including phenoxy) is 1. The Hall–Kier alpha value is -1.64. The van der Waals surface area contributed by atoms with E-state index in [1.807, 2.05) is 18.2 Å². The number of unbranched alkanes of at least 4 members (excludes halogenated alkanes) is 1. The molecular weight excluding hydrogens is 264 g/mol. The fraction of sp³-hybridized carbons (Fsp3) is 0.556. The lowest BCUT2D eigenvalue weighted by atomic mass is 10.0. The molecule has 0 spiro atoms. The van der Waals surface area contributed by atoms with Gasteiger partial charge in [-0.2, -0.15) is 0 Å². The quantitative estimate of drug-likeness (QED) is 0.473. The van der Waals surface area contributed by atoms with Gasteiger partial charge in [-0.1, -0.05) is 63.4 Å². The first-order valence-corrected chi connectivity index (χ1v) is 7.91. The summed E-state index contributed by atoms with van der Waals surface area (Å²) >= 11 is 0. The lowest BCUT2D eigenvalue weighted by Crippen LogP contribution is -2.14. The Kier molecular flexibility index (Phi) is 8.41. The summed E-state index contributed by atoms with van der Waals surface area (Å²) in [6.45, 7) is 4.76. The molecule has 3 heteroatoms. The maximum atomic E-state index is 11.9. The van der Waals surface area contributed by atoms with Gasteiger partial charge in [0.2, 0.25) is 0 Å². The van der Waals surface area contributed by atoms with Crippen LogP contribution in [0.25, 0.3) is 0 Å². The zero-order valence-electron chi connectivity index (χ0n) is 13.1. The van der Waals surface area contributed by atoms with Crippen molar-refractivity contribution in [2.75, 3.05) is 6.61 Å². The molecule has 0 fully saturated rings. The molecule has 3 nitrogen and oxygen atoms in total. The van der Waals surface area contributed by atoms with Gasteiger partial charge >= 0.3 is 5.97 Å². The highest BCUT2D eigenvalue weighted by Crippen LogP contribution is 2.13. The van der Waals surface area contributed by atoms with Gasteiger partial charge in [0.05, 0.1) is 13.0 Å². The maximum Gasteiger partial charge on any atom is 0.306 e. The van der Waals surface area contributed by atoms with Crippen LogP contribution in [0, 0.1) is 5.92 Å². The fourth-order valence-electron chi connectivity index (χ4n) is 2.17. The van der Waals surface area contributed by atoms with Gasteiger partial charge in [-0.25, -0.2) is 0 Å². The molecule has 1 unspecified atom stereocenters. The van der Waals surface area contributed by atoms with Gasteiger partial charge in [0.15, 0.2) is 5.78 Å². The summed E-state index contributed by atoms with van der Waals surface area (Å²) in [5.41, 5.74) is 0.652. The highest BCUT2D eigenvalue weighted by Gasteiger charge is 2.12. The largest absolute Gasteiger partial charge is 0.465 e. The summed E-state index contributed by atoms with van der Waals surface area (Å²) in [5.74, 6) is 0.165. The standard InChI is InChI=1S/C18H26O3/c1-3-5-9-15(4-2)14-21-18(20)13-12-17(19)16-10-7-6-8-11-16/h6-8,10-11,15H,3-5,9,12-14H2,1-2H3. The molecule has 0 aliphatic heterocycles. The second kappa shape index (κ2) is 10.1. The van der Waals surface area contributed by atoms with Gasteiger partial charge in [-0.3, -0.25) is 9.59 Å². The van der Waals surface area contributed by atoms with Crippen molar-refractivity contribution in [3.8, 4) is 0 Å². The monoisotopic (exact) mass is 290 g/mol. The van der Waals surface area contributed by atoms with E-state index in [9.17, 15) is 9.59 Å². The first-order chi connectivity index (χ1) is 10.2. The molecule has 0 amide bonds. The highest BCUT2D eigenvalue weighted by atomic mass is 16.5. The van der Waals surface area contributed by atoms with Gasteiger partial charge in [-0.15, -0.1) is 0 Å². The number of rotatable bonds is 10. The number of hydrogen-bond donors (Lipinski definition) is 0. The van der Waals surface area contributed by atoms with Gasteiger partial charge in [-0.05, 0) is 12.3 Å². The molecule has 0 radical (unpaired) electrons. The number of hydrogen-bond acceptors (Lipinski definition) is 3. The zero-order chi connectivity index (χ0) is 15.5. The van der Waals surface area contributed by atoms with Crippen molar-refractivity contribution >= 4 is 11.8 Å². The highest BCUT2D eigenvalue weighted by molar-refractivity contribution is 5.97. The Bertz CT molecular complexity index is 425. The van der Waals surface area contributed by atoms with Crippen molar-refractivity contribution in [2.45, 2.75) is 52.4 Å². The lowest BCUT2D eigenvalue weighted by Gasteiger charge is -2.14. The van der Waals surface area contributed by atoms with Gasteiger partial charge < -0.3 is 4.74 Å². The van der Waals surface area contributed by atoms with Crippen molar-refractivity contribution in [1.82, 2.24) is 0 Å². The van der Waals surface area contributed by atoms with Gasteiger partial charge in [0.1, 0.15) is 0 Å². The molecule has 0 aromatic heterocycles. The van der Waals surface area contributed by atoms with E-state index in [1.54, 1.807) is 12.1 Å². The summed E-state index contributed by atoms with van der Waals surface area (Å²) in [6.07, 6.45) is 4.84. The minimum atomic E-state index is -0.269. The molecule has 0 saturated heterocycles. The average Bonchev–Trinajstić information content (AvgIpc) is 2.53. The fourth-order valence-corrected chi connectivity index (χ4v) is 2.17. The molecule has 0 aliphatic carbocycles. The third kappa shape index (κ3) is 7.07. The number of esters is 1. The van der Waals surface area contributed by atoms with E-state index in [-0.39, 0.29) is 24.6 Å². The van der Waals surface area contributed by atoms with Crippen molar-refractivity contribution < 1.29 is 14.3 Å². The Morgan fingerprint density at radius 2 is 1.81 bits per heavy atom. The normalized spacial score (nSPS) is 11.9. The van der Waals surface area contributed by atoms with Crippen LogP contribution in [0.5, 0.6) is 0 Å². The van der Waals surface area contributed by atoms with E-state index in [2.05, 4.69) is 13.8 Å². The summed E-state index contributed by atoms with van der Waals surface area (Å²) in [5, 5.41) is 0. The van der Waals surface area contributed by atoms with Crippen LogP contribution in [0.4, 0.5) is 0 Å². The van der Waals surface area contributed by atoms with Crippen molar-refractivity contribution in [1.29, 1.82) is 0 Å². The molecule has 116 valence electrons. The first-order valence-electron chi connectivity index (χ1n) is 7.91. The van der Waals surface area contributed by atoms with E-state index >= 15 is 0 Å². The zero-order valence-corrected chi connectivity index (χ0v) is 13.1. The topological polar surface area (TPSA) is 43.4 Å². The van der Waals surface area contributed by atoms with Crippen LogP contribution in [0.15, 0.2) is 30.3 Å². The van der Waals surface area contributed by atoms with E-state index in [0.29, 0.717) is 18.1 Å². The predicted octanol–water partition coefficient (Wildman–Crippen LogP) is 4.41. The molecule has 1 aromatic rings. The van der Waals surface area contributed by atoms with Crippen LogP contribution in [-0.4, -0.2) is 18.4 Å². The van der Waals surface area contributed by atoms with E-state index < -0.39 is 0 Å². The molecule has 0 aliphatic rings. The number of Topliss-reactive ketones (excluding diaryl/α,β-unsaturated/α-hetero) is 1. The van der Waals surface area contributed by atoms with Crippen molar-refractivity contribution in [2.24, 2.45) is 5.92 Å². The van der Waals surface area contributed by atoms with Crippen LogP contribution >= 0.6 is 0 Å². The molecule has 0 heterocycles. The maximum absolute atomic E-state index is 11.9. The molecule has 0 N–H and O–H groups in total. The first kappa shape index (κ1) is 17.4. The molecular formula is C18H26O3. The molecule has 0 bridgehead atoms. The Balaban J connectivity index is 2.26. The summed E-state index contributed by atoms with van der Waals surface area (Å²) in [7, 11) is 0. The molecule has 1 atom stereocenters. The number of carbonyl (C=O) groups excluding carboxylic acids is 2. The number of ketones is 1. The van der Waals surface area contributed by atoms with E-state index in [1.165, 1.54) is 6.42 Å². The molecule has 0 saturated carbocycles. The third-order valence-corrected chi connectivity index (χ3v) is 3.68. The number of carbonyl (C=O) groups is 2. The summed E-state index contributed by atoms with van der Waals surface area (Å²) < 4.78 is 5.29. The Morgan fingerprint density at radius 1 is 1.10 bits per heavy atom. The summed E-state index contributed by atoms with van der Waals surface area (Å²) in [6, 6.07) is 9.06. The van der Waals surface area contributed by atoms with Crippen LogP contribution in [0.1, 0.15) is 62.7 Å². The Morgan fingerprint density at radius 3 is 2.43 bits per heavy atom. The minimum Gasteiger partial charge on any atom is -0.465 e. The molecule has 1 aromatic carbocycles. The minimum absolute atomic E-state index is 0.00873. The number of benzene rings is 1. The van der Waals surface area contributed by atoms with Gasteiger partial charge in [0, 0.05) is 12.0 Å². The SMILES string of the molecule is CCCCC(CC)COC(=O)CCC(=O)c1ccccc1. The van der Waals surface area contributed by atoms with Gasteiger partial charge in [0.25, 0.3) is 0 Å². The predicted molar refractivity (Wildman–Crippen MR) is 84.3 cm³/mol. The van der Waals surface area contributed by atoms with Crippen LogP contribution in [-0.2, 0) is 9.53 Å². The summed E-state index contributed by atoms with van der Waals surface area (Å²) in [4.78, 5) is 23.6. The Labute approximate surface area is 127 Å². The van der Waals surface area contributed by atoms with E-state index in [0.717, 1.165) is 19.3 Å². The van der Waals surface area contributed by atoms with Crippen LogP contribution in [0.2, 0.25) is 0 Å². The second-order valence-corrected chi connectivity index (χ2v) is 5.39. The van der Waals surface area contributed by atoms with Crippen molar-refractivity contribution in [3.63, 3.8) is 0 Å². The average molecular weight is 290 g/mol. The lowest BCUT2D eigenvalue weighted by molar-refractivity contribution is -0.145. The van der Waals surface area contributed by atoms with Crippen LogP contribution < -0.4 is 0 Å². The molecule has 21 heavy (non-hydrogen) atoms. The smallest absolute Gasteiger partial charge is 0.306 e.